The van der Waals surface area contributed by atoms with Crippen molar-refractivity contribution in [2.45, 2.75) is 57.2 Å². The van der Waals surface area contributed by atoms with Crippen molar-refractivity contribution in [2.24, 2.45) is 0 Å². The van der Waals surface area contributed by atoms with Gasteiger partial charge in [0.05, 0.1) is 6.42 Å². The number of halogens is 1. The number of hydrogen-bond acceptors (Lipinski definition) is 3. The maximum Gasteiger partial charge on any atom is 0.247 e. The molecular formula is C27H29ClN2O2S. The van der Waals surface area contributed by atoms with Gasteiger partial charge in [-0.05, 0) is 58.5 Å². The molecule has 172 valence electrons. The van der Waals surface area contributed by atoms with Gasteiger partial charge < -0.3 is 10.2 Å². The van der Waals surface area contributed by atoms with Crippen LogP contribution in [0.5, 0.6) is 0 Å². The SMILES string of the molecule is O=C(NC1CCCCC1)[C@@H](c1ccccc1)N(Cc1ccc(Cl)cc1)C(=O)Cc1ccsc1. The number of amides is 2. The molecule has 1 aliphatic rings. The van der Waals surface area contributed by atoms with Gasteiger partial charge in [0.15, 0.2) is 0 Å². The van der Waals surface area contributed by atoms with E-state index < -0.39 is 6.04 Å². The normalized spacial score (nSPS) is 15.1. The van der Waals surface area contributed by atoms with E-state index in [9.17, 15) is 9.59 Å². The highest BCUT2D eigenvalue weighted by atomic mass is 35.5. The Labute approximate surface area is 204 Å². The van der Waals surface area contributed by atoms with Crippen LogP contribution in [0.15, 0.2) is 71.4 Å². The summed E-state index contributed by atoms with van der Waals surface area (Å²) in [6, 6.07) is 18.5. The lowest BCUT2D eigenvalue weighted by atomic mass is 9.94. The Morgan fingerprint density at radius 3 is 2.36 bits per heavy atom. The third-order valence-electron chi connectivity index (χ3n) is 6.15. The predicted octanol–water partition coefficient (Wildman–Crippen LogP) is 6.16. The first-order valence-electron chi connectivity index (χ1n) is 11.5. The molecule has 1 aliphatic carbocycles. The number of rotatable bonds is 8. The van der Waals surface area contributed by atoms with Gasteiger partial charge >= 0.3 is 0 Å². The van der Waals surface area contributed by atoms with Crippen LogP contribution >= 0.6 is 22.9 Å². The minimum absolute atomic E-state index is 0.0732. The van der Waals surface area contributed by atoms with Crippen LogP contribution in [-0.2, 0) is 22.6 Å². The van der Waals surface area contributed by atoms with Gasteiger partial charge in [0.1, 0.15) is 6.04 Å². The Morgan fingerprint density at radius 1 is 0.970 bits per heavy atom. The highest BCUT2D eigenvalue weighted by Gasteiger charge is 2.33. The Hall–Kier alpha value is -2.63. The van der Waals surface area contributed by atoms with Gasteiger partial charge in [-0.15, -0.1) is 0 Å². The molecular weight excluding hydrogens is 452 g/mol. The van der Waals surface area contributed by atoms with E-state index in [2.05, 4.69) is 5.32 Å². The van der Waals surface area contributed by atoms with Gasteiger partial charge in [0.25, 0.3) is 0 Å². The molecule has 0 spiro atoms. The van der Waals surface area contributed by atoms with E-state index >= 15 is 0 Å². The van der Waals surface area contributed by atoms with Crippen LogP contribution in [0.4, 0.5) is 0 Å². The summed E-state index contributed by atoms with van der Waals surface area (Å²) in [5.74, 6) is -0.184. The van der Waals surface area contributed by atoms with Gasteiger partial charge in [-0.25, -0.2) is 0 Å². The summed E-state index contributed by atoms with van der Waals surface area (Å²) in [6.07, 6.45) is 5.73. The number of benzene rings is 2. The fourth-order valence-electron chi connectivity index (χ4n) is 4.41. The topological polar surface area (TPSA) is 49.4 Å². The second kappa shape index (κ2) is 11.5. The Morgan fingerprint density at radius 2 is 1.70 bits per heavy atom. The Bertz CT molecular complexity index is 1030. The number of carbonyl (C=O) groups excluding carboxylic acids is 2. The first kappa shape index (κ1) is 23.5. The molecule has 1 saturated carbocycles. The largest absolute Gasteiger partial charge is 0.351 e. The van der Waals surface area contributed by atoms with Crippen molar-refractivity contribution < 1.29 is 9.59 Å². The van der Waals surface area contributed by atoms with Gasteiger partial charge in [-0.1, -0.05) is 73.3 Å². The van der Waals surface area contributed by atoms with Crippen LogP contribution in [0.25, 0.3) is 0 Å². The third-order valence-corrected chi connectivity index (χ3v) is 7.13. The van der Waals surface area contributed by atoms with Crippen LogP contribution in [0.3, 0.4) is 0 Å². The summed E-state index contributed by atoms with van der Waals surface area (Å²) in [4.78, 5) is 29.0. The lowest BCUT2D eigenvalue weighted by Gasteiger charge is -2.33. The zero-order valence-corrected chi connectivity index (χ0v) is 20.2. The fraction of sp³-hybridized carbons (Fsp3) is 0.333. The van der Waals surface area contributed by atoms with E-state index in [-0.39, 0.29) is 24.3 Å². The molecule has 3 aromatic rings. The summed E-state index contributed by atoms with van der Waals surface area (Å²) in [6.45, 7) is 0.331. The molecule has 0 bridgehead atoms. The van der Waals surface area contributed by atoms with E-state index in [1.807, 2.05) is 71.4 Å². The average Bonchev–Trinajstić information content (AvgIpc) is 3.34. The Balaban J connectivity index is 1.66. The van der Waals surface area contributed by atoms with Crippen LogP contribution < -0.4 is 5.32 Å². The molecule has 1 fully saturated rings. The molecule has 1 atom stereocenters. The predicted molar refractivity (Wildman–Crippen MR) is 134 cm³/mol. The smallest absolute Gasteiger partial charge is 0.247 e. The van der Waals surface area contributed by atoms with Gasteiger partial charge in [-0.3, -0.25) is 9.59 Å². The summed E-state index contributed by atoms with van der Waals surface area (Å²) in [5.41, 5.74) is 2.72. The molecule has 0 saturated heterocycles. The summed E-state index contributed by atoms with van der Waals surface area (Å²) >= 11 is 7.65. The van der Waals surface area contributed by atoms with E-state index in [1.165, 1.54) is 6.42 Å². The molecule has 4 nitrogen and oxygen atoms in total. The second-order valence-electron chi connectivity index (χ2n) is 8.61. The molecule has 1 heterocycles. The van der Waals surface area contributed by atoms with E-state index in [1.54, 1.807) is 16.2 Å². The average molecular weight is 481 g/mol. The standard InChI is InChI=1S/C27H29ClN2O2S/c28-23-13-11-20(12-14-23)18-30(25(31)17-21-15-16-33-19-21)26(22-7-3-1-4-8-22)27(32)29-24-9-5-2-6-10-24/h1,3-4,7-8,11-16,19,24,26H,2,5-6,9-10,17-18H2,(H,29,32)/t26-/m1/s1. The second-order valence-corrected chi connectivity index (χ2v) is 9.83. The maximum absolute atomic E-state index is 13.7. The third kappa shape index (κ3) is 6.46. The first-order valence-corrected chi connectivity index (χ1v) is 12.8. The number of nitrogens with zero attached hydrogens (tertiary/aromatic N) is 1. The number of nitrogens with one attached hydrogen (secondary N) is 1. The zero-order valence-electron chi connectivity index (χ0n) is 18.6. The number of carbonyl (C=O) groups is 2. The monoisotopic (exact) mass is 480 g/mol. The molecule has 33 heavy (non-hydrogen) atoms. The van der Waals surface area contributed by atoms with Gasteiger partial charge in [0.2, 0.25) is 11.8 Å². The molecule has 0 aliphatic heterocycles. The number of hydrogen-bond donors (Lipinski definition) is 1. The highest BCUT2D eigenvalue weighted by molar-refractivity contribution is 7.08. The van der Waals surface area contributed by atoms with Crippen molar-refractivity contribution in [3.8, 4) is 0 Å². The molecule has 0 radical (unpaired) electrons. The van der Waals surface area contributed by atoms with Crippen LogP contribution in [0.1, 0.15) is 54.8 Å². The lowest BCUT2D eigenvalue weighted by molar-refractivity contribution is -0.141. The van der Waals surface area contributed by atoms with Crippen molar-refractivity contribution in [1.82, 2.24) is 10.2 Å². The van der Waals surface area contributed by atoms with Gasteiger partial charge in [0, 0.05) is 17.6 Å². The van der Waals surface area contributed by atoms with E-state index in [0.717, 1.165) is 42.4 Å². The molecule has 2 aromatic carbocycles. The molecule has 6 heteroatoms. The summed E-state index contributed by atoms with van der Waals surface area (Å²) in [7, 11) is 0. The Kier molecular flexibility index (Phi) is 8.19. The van der Waals surface area contributed by atoms with Crippen molar-refractivity contribution in [2.75, 3.05) is 0 Å². The van der Waals surface area contributed by atoms with Crippen LogP contribution in [0, 0.1) is 0 Å². The fourth-order valence-corrected chi connectivity index (χ4v) is 5.21. The van der Waals surface area contributed by atoms with Crippen molar-refractivity contribution in [3.05, 3.63) is 93.1 Å². The van der Waals surface area contributed by atoms with Crippen LogP contribution in [0.2, 0.25) is 5.02 Å². The molecule has 4 rings (SSSR count). The van der Waals surface area contributed by atoms with E-state index in [0.29, 0.717) is 11.6 Å². The first-order chi connectivity index (χ1) is 16.1. The highest BCUT2D eigenvalue weighted by Crippen LogP contribution is 2.27. The minimum Gasteiger partial charge on any atom is -0.351 e. The molecule has 2 amide bonds. The van der Waals surface area contributed by atoms with Crippen molar-refractivity contribution in [3.63, 3.8) is 0 Å². The lowest BCUT2D eigenvalue weighted by Crippen LogP contribution is -2.47. The quantitative estimate of drug-likeness (QED) is 0.419. The van der Waals surface area contributed by atoms with Crippen molar-refractivity contribution >= 4 is 34.8 Å². The maximum atomic E-state index is 13.7. The zero-order chi connectivity index (χ0) is 23.0. The molecule has 0 unspecified atom stereocenters. The summed E-state index contributed by atoms with van der Waals surface area (Å²) in [5, 5.41) is 7.85. The van der Waals surface area contributed by atoms with Crippen LogP contribution in [-0.4, -0.2) is 22.8 Å². The number of thiophene rings is 1. The minimum atomic E-state index is -0.699. The van der Waals surface area contributed by atoms with Crippen molar-refractivity contribution in [1.29, 1.82) is 0 Å². The molecule has 1 aromatic heterocycles. The van der Waals surface area contributed by atoms with Gasteiger partial charge in [-0.2, -0.15) is 11.3 Å². The summed E-state index contributed by atoms with van der Waals surface area (Å²) < 4.78 is 0. The molecule has 1 N–H and O–H groups in total. The van der Waals surface area contributed by atoms with E-state index in [4.69, 9.17) is 11.6 Å².